The first kappa shape index (κ1) is 15.5. The van der Waals surface area contributed by atoms with Crippen LogP contribution in [0, 0.1) is 26.7 Å². The van der Waals surface area contributed by atoms with Crippen molar-refractivity contribution >= 4 is 0 Å². The molecule has 0 spiro atoms. The molecule has 1 atom stereocenters. The number of nitrogens with one attached hydrogen (secondary N) is 1. The first-order chi connectivity index (χ1) is 9.51. The minimum absolute atomic E-state index is 0.448. The van der Waals surface area contributed by atoms with Crippen LogP contribution in [0.4, 0.5) is 0 Å². The second kappa shape index (κ2) is 6.73. The molecular weight excluding hydrogens is 244 g/mol. The molecule has 1 aromatic carbocycles. The highest BCUT2D eigenvalue weighted by molar-refractivity contribution is 5.39. The summed E-state index contributed by atoms with van der Waals surface area (Å²) >= 11 is 0. The van der Waals surface area contributed by atoms with E-state index in [1.165, 1.54) is 41.6 Å². The van der Waals surface area contributed by atoms with E-state index in [1.807, 2.05) is 0 Å². The zero-order chi connectivity index (χ0) is 14.7. The summed E-state index contributed by atoms with van der Waals surface area (Å²) in [6.07, 6.45) is 2.86. The predicted molar refractivity (Wildman–Crippen MR) is 87.3 cm³/mol. The molecule has 1 saturated carbocycles. The largest absolute Gasteiger partial charge is 0.309 e. The Morgan fingerprint density at radius 1 is 1.20 bits per heavy atom. The molecule has 1 fully saturated rings. The van der Waals surface area contributed by atoms with Gasteiger partial charge in [-0.1, -0.05) is 24.6 Å². The standard InChI is InChI=1S/C18H30N2/c1-6-19-17(12-20(5)11-16-7-8-16)18-14(3)9-13(2)10-15(18)4/h9-10,16-17,19H,6-8,11-12H2,1-5H3. The zero-order valence-electron chi connectivity index (χ0n) is 13.8. The van der Waals surface area contributed by atoms with E-state index in [0.717, 1.165) is 19.0 Å². The highest BCUT2D eigenvalue weighted by Crippen LogP contribution is 2.30. The number of hydrogen-bond donors (Lipinski definition) is 1. The summed E-state index contributed by atoms with van der Waals surface area (Å²) in [5, 5.41) is 3.68. The third-order valence-electron chi connectivity index (χ3n) is 4.30. The normalized spacial score (nSPS) is 16.7. The molecule has 0 saturated heterocycles. The minimum Gasteiger partial charge on any atom is -0.309 e. The average molecular weight is 274 g/mol. The molecule has 2 heteroatoms. The molecule has 0 aliphatic heterocycles. The fourth-order valence-electron chi connectivity index (χ4n) is 3.37. The summed E-state index contributed by atoms with van der Waals surface area (Å²) < 4.78 is 0. The van der Waals surface area contributed by atoms with Crippen molar-refractivity contribution in [3.8, 4) is 0 Å². The van der Waals surface area contributed by atoms with Gasteiger partial charge in [-0.15, -0.1) is 0 Å². The van der Waals surface area contributed by atoms with Crippen LogP contribution in [-0.2, 0) is 0 Å². The van der Waals surface area contributed by atoms with Crippen LogP contribution in [0.2, 0.25) is 0 Å². The maximum absolute atomic E-state index is 3.68. The number of benzene rings is 1. The van der Waals surface area contributed by atoms with Crippen molar-refractivity contribution in [3.63, 3.8) is 0 Å². The van der Waals surface area contributed by atoms with E-state index in [4.69, 9.17) is 0 Å². The minimum atomic E-state index is 0.448. The lowest BCUT2D eigenvalue weighted by molar-refractivity contribution is 0.281. The number of rotatable bonds is 7. The lowest BCUT2D eigenvalue weighted by atomic mass is 9.93. The van der Waals surface area contributed by atoms with Crippen molar-refractivity contribution in [2.24, 2.45) is 5.92 Å². The van der Waals surface area contributed by atoms with Gasteiger partial charge in [0, 0.05) is 19.1 Å². The van der Waals surface area contributed by atoms with Gasteiger partial charge in [0.2, 0.25) is 0 Å². The van der Waals surface area contributed by atoms with Crippen molar-refractivity contribution < 1.29 is 0 Å². The van der Waals surface area contributed by atoms with Crippen molar-refractivity contribution in [1.29, 1.82) is 0 Å². The molecule has 1 N–H and O–H groups in total. The van der Waals surface area contributed by atoms with E-state index in [9.17, 15) is 0 Å². The Kier molecular flexibility index (Phi) is 5.22. The van der Waals surface area contributed by atoms with Crippen LogP contribution in [0.5, 0.6) is 0 Å². The van der Waals surface area contributed by atoms with Gasteiger partial charge in [0.15, 0.2) is 0 Å². The Bertz CT molecular complexity index is 426. The summed E-state index contributed by atoms with van der Waals surface area (Å²) in [5.74, 6) is 0.961. The molecular formula is C18H30N2. The van der Waals surface area contributed by atoms with Gasteiger partial charge in [0.05, 0.1) is 0 Å². The zero-order valence-corrected chi connectivity index (χ0v) is 13.8. The number of nitrogens with zero attached hydrogens (tertiary/aromatic N) is 1. The molecule has 1 aromatic rings. The van der Waals surface area contributed by atoms with Crippen LogP contribution < -0.4 is 5.32 Å². The van der Waals surface area contributed by atoms with Crippen LogP contribution in [-0.4, -0.2) is 31.6 Å². The van der Waals surface area contributed by atoms with Gasteiger partial charge in [-0.2, -0.15) is 0 Å². The molecule has 0 bridgehead atoms. The average Bonchev–Trinajstić information content (AvgIpc) is 3.11. The van der Waals surface area contributed by atoms with Gasteiger partial charge in [-0.25, -0.2) is 0 Å². The third kappa shape index (κ3) is 4.07. The third-order valence-corrected chi connectivity index (χ3v) is 4.30. The fraction of sp³-hybridized carbons (Fsp3) is 0.667. The second-order valence-electron chi connectivity index (χ2n) is 6.59. The number of hydrogen-bond acceptors (Lipinski definition) is 2. The van der Waals surface area contributed by atoms with Crippen molar-refractivity contribution in [3.05, 3.63) is 34.4 Å². The Hall–Kier alpha value is -0.860. The van der Waals surface area contributed by atoms with Crippen LogP contribution in [0.15, 0.2) is 12.1 Å². The molecule has 2 nitrogen and oxygen atoms in total. The lowest BCUT2D eigenvalue weighted by Crippen LogP contribution is -2.35. The van der Waals surface area contributed by atoms with Gasteiger partial charge >= 0.3 is 0 Å². The van der Waals surface area contributed by atoms with Crippen LogP contribution in [0.25, 0.3) is 0 Å². The van der Waals surface area contributed by atoms with E-state index in [-0.39, 0.29) is 0 Å². The Balaban J connectivity index is 2.14. The number of aryl methyl sites for hydroxylation is 3. The summed E-state index contributed by atoms with van der Waals surface area (Å²) in [7, 11) is 2.27. The summed E-state index contributed by atoms with van der Waals surface area (Å²) in [6.45, 7) is 12.3. The monoisotopic (exact) mass is 274 g/mol. The van der Waals surface area contributed by atoms with Crippen molar-refractivity contribution in [1.82, 2.24) is 10.2 Å². The van der Waals surface area contributed by atoms with Gasteiger partial charge in [-0.3, -0.25) is 0 Å². The summed E-state index contributed by atoms with van der Waals surface area (Å²) in [4.78, 5) is 2.50. The Morgan fingerprint density at radius 2 is 1.80 bits per heavy atom. The van der Waals surface area contributed by atoms with Gasteiger partial charge < -0.3 is 10.2 Å². The maximum Gasteiger partial charge on any atom is 0.0454 e. The molecule has 0 amide bonds. The highest BCUT2D eigenvalue weighted by Gasteiger charge is 2.24. The predicted octanol–water partition coefficient (Wildman–Crippen LogP) is 3.60. The highest BCUT2D eigenvalue weighted by atomic mass is 15.1. The topological polar surface area (TPSA) is 15.3 Å². The molecule has 1 aliphatic rings. The van der Waals surface area contributed by atoms with Gasteiger partial charge in [-0.05, 0) is 69.8 Å². The molecule has 20 heavy (non-hydrogen) atoms. The maximum atomic E-state index is 3.68. The molecule has 0 heterocycles. The second-order valence-corrected chi connectivity index (χ2v) is 6.59. The van der Waals surface area contributed by atoms with E-state index in [2.05, 4.69) is 57.1 Å². The smallest absolute Gasteiger partial charge is 0.0454 e. The van der Waals surface area contributed by atoms with Gasteiger partial charge in [0.25, 0.3) is 0 Å². The Morgan fingerprint density at radius 3 is 2.30 bits per heavy atom. The van der Waals surface area contributed by atoms with E-state index >= 15 is 0 Å². The number of likely N-dealkylation sites (N-methyl/N-ethyl adjacent to an activating group) is 2. The van der Waals surface area contributed by atoms with Crippen LogP contribution in [0.1, 0.15) is 48.1 Å². The van der Waals surface area contributed by atoms with Crippen molar-refractivity contribution in [2.75, 3.05) is 26.7 Å². The molecule has 112 valence electrons. The first-order valence-electron chi connectivity index (χ1n) is 8.01. The fourth-order valence-corrected chi connectivity index (χ4v) is 3.37. The molecule has 1 unspecified atom stereocenters. The summed E-state index contributed by atoms with van der Waals surface area (Å²) in [6, 6.07) is 5.07. The van der Waals surface area contributed by atoms with E-state index < -0.39 is 0 Å². The molecule has 0 radical (unpaired) electrons. The van der Waals surface area contributed by atoms with Crippen molar-refractivity contribution in [2.45, 2.75) is 46.6 Å². The molecule has 1 aliphatic carbocycles. The quantitative estimate of drug-likeness (QED) is 0.817. The molecule has 0 aromatic heterocycles. The van der Waals surface area contributed by atoms with E-state index in [1.54, 1.807) is 0 Å². The van der Waals surface area contributed by atoms with Crippen LogP contribution in [0.3, 0.4) is 0 Å². The van der Waals surface area contributed by atoms with Crippen LogP contribution >= 0.6 is 0 Å². The SMILES string of the molecule is CCNC(CN(C)CC1CC1)c1c(C)cc(C)cc1C. The van der Waals surface area contributed by atoms with E-state index in [0.29, 0.717) is 6.04 Å². The lowest BCUT2D eigenvalue weighted by Gasteiger charge is -2.28. The Labute approximate surface area is 124 Å². The van der Waals surface area contributed by atoms with Gasteiger partial charge in [0.1, 0.15) is 0 Å². The molecule has 2 rings (SSSR count). The summed E-state index contributed by atoms with van der Waals surface area (Å²) in [5.41, 5.74) is 5.71. The first-order valence-corrected chi connectivity index (χ1v) is 8.01.